The van der Waals surface area contributed by atoms with Gasteiger partial charge in [0, 0.05) is 0 Å². The average molecular weight is 963 g/mol. The summed E-state index contributed by atoms with van der Waals surface area (Å²) in [4.78, 5) is 0. The van der Waals surface area contributed by atoms with Gasteiger partial charge in [-0.15, -0.1) is 0 Å². The minimum absolute atomic E-state index is 0.110. The standard InChI is InChI=1S/C48H82O19/c1-21(2)10-9-13-48(8,67-42-38(61)35(58)32(55)26(19-50)64-42)22-11-15-46(6)30(22)23(52)16-28-45(5)14-12-29(53)44(3,4)40(45)24(17-47(28,46)7)62-43-39(36(59)33(56)27(20-51)65-43)66-41-37(60)34(57)31(54)25(18-49)63-41/h10,22-43,49-61H,9,11-20H2,1-8H3/t22?,23?,24-,25+,26+,27+,28?,29?,30?,31+,32+,33+,34-,35-,36-,37+,38+,39+,40?,41-,42-,43+,45+,46+,47?,48-/m0/s1. The van der Waals surface area contributed by atoms with Crippen molar-refractivity contribution in [3.05, 3.63) is 11.6 Å². The second-order valence-electron chi connectivity index (χ2n) is 23.1. The summed E-state index contributed by atoms with van der Waals surface area (Å²) in [6, 6.07) is 0. The lowest BCUT2D eigenvalue weighted by atomic mass is 9.34. The lowest BCUT2D eigenvalue weighted by Gasteiger charge is -2.72. The Hall–Kier alpha value is -1.02. The fraction of sp³-hybridized carbons (Fsp3) is 0.958. The topological polar surface area (TPSA) is 318 Å². The normalized spacial score (nSPS) is 52.9. The van der Waals surface area contributed by atoms with Crippen LogP contribution in [0.1, 0.15) is 107 Å². The Morgan fingerprint density at radius 2 is 1.18 bits per heavy atom. The van der Waals surface area contributed by atoms with Gasteiger partial charge in [-0.2, -0.15) is 0 Å². The van der Waals surface area contributed by atoms with E-state index in [4.69, 9.17) is 28.4 Å². The van der Waals surface area contributed by atoms with Crippen molar-refractivity contribution in [1.29, 1.82) is 0 Å². The molecular weight excluding hydrogens is 881 g/mol. The minimum Gasteiger partial charge on any atom is -0.394 e. The summed E-state index contributed by atoms with van der Waals surface area (Å²) in [7, 11) is 0. The first-order valence-corrected chi connectivity index (χ1v) is 24.5. The van der Waals surface area contributed by atoms with E-state index in [9.17, 15) is 66.4 Å². The maximum Gasteiger partial charge on any atom is 0.187 e. The zero-order chi connectivity index (χ0) is 49.5. The molecule has 7 aliphatic rings. The Balaban J connectivity index is 1.27. The van der Waals surface area contributed by atoms with Crippen molar-refractivity contribution < 1.29 is 94.8 Å². The smallest absolute Gasteiger partial charge is 0.187 e. The number of allylic oxidation sites excluding steroid dienone is 2. The molecule has 13 N–H and O–H groups in total. The van der Waals surface area contributed by atoms with Crippen LogP contribution in [0.15, 0.2) is 11.6 Å². The Morgan fingerprint density at radius 3 is 1.75 bits per heavy atom. The van der Waals surface area contributed by atoms with Crippen LogP contribution in [-0.4, -0.2) is 202 Å². The largest absolute Gasteiger partial charge is 0.394 e. The Morgan fingerprint density at radius 1 is 0.642 bits per heavy atom. The van der Waals surface area contributed by atoms with Crippen molar-refractivity contribution in [2.75, 3.05) is 19.8 Å². The van der Waals surface area contributed by atoms with Gasteiger partial charge >= 0.3 is 0 Å². The molecule has 0 spiro atoms. The summed E-state index contributed by atoms with van der Waals surface area (Å²) in [6.07, 6.45) is -20.0. The van der Waals surface area contributed by atoms with Crippen LogP contribution < -0.4 is 0 Å². The van der Waals surface area contributed by atoms with E-state index in [0.29, 0.717) is 51.4 Å². The van der Waals surface area contributed by atoms with Crippen LogP contribution in [0.5, 0.6) is 0 Å². The van der Waals surface area contributed by atoms with Gasteiger partial charge in [0.1, 0.15) is 73.2 Å². The van der Waals surface area contributed by atoms with Gasteiger partial charge in [-0.25, -0.2) is 0 Å². The Kier molecular flexibility index (Phi) is 15.9. The molecule has 26 atom stereocenters. The van der Waals surface area contributed by atoms with Crippen LogP contribution in [-0.2, 0) is 28.4 Å². The predicted molar refractivity (Wildman–Crippen MR) is 235 cm³/mol. The molecule has 388 valence electrons. The molecule has 7 fully saturated rings. The second kappa shape index (κ2) is 19.8. The highest BCUT2D eigenvalue weighted by molar-refractivity contribution is 5.22. The molecule has 4 saturated carbocycles. The lowest BCUT2D eigenvalue weighted by Crippen LogP contribution is -2.71. The van der Waals surface area contributed by atoms with Crippen molar-refractivity contribution in [2.24, 2.45) is 45.3 Å². The van der Waals surface area contributed by atoms with Crippen LogP contribution in [0, 0.1) is 45.3 Å². The molecule has 0 aromatic heterocycles. The molecule has 0 bridgehead atoms. The first-order valence-electron chi connectivity index (χ1n) is 24.5. The van der Waals surface area contributed by atoms with Gasteiger partial charge < -0.3 is 94.8 Å². The van der Waals surface area contributed by atoms with E-state index in [1.54, 1.807) is 0 Å². The molecule has 0 aromatic carbocycles. The van der Waals surface area contributed by atoms with E-state index in [0.717, 1.165) is 5.57 Å². The van der Waals surface area contributed by atoms with Gasteiger partial charge in [0.15, 0.2) is 18.9 Å². The third-order valence-electron chi connectivity index (χ3n) is 18.7. The van der Waals surface area contributed by atoms with E-state index in [1.807, 2.05) is 34.6 Å². The van der Waals surface area contributed by atoms with Gasteiger partial charge in [0.2, 0.25) is 0 Å². The number of rotatable bonds is 13. The van der Waals surface area contributed by atoms with Crippen LogP contribution >= 0.6 is 0 Å². The molecule has 7 rings (SSSR count). The van der Waals surface area contributed by atoms with Crippen LogP contribution in [0.3, 0.4) is 0 Å². The molecule has 7 unspecified atom stereocenters. The summed E-state index contributed by atoms with van der Waals surface area (Å²) in [6.45, 7) is 14.4. The third-order valence-corrected chi connectivity index (χ3v) is 18.7. The number of ether oxygens (including phenoxy) is 6. The average Bonchev–Trinajstić information content (AvgIpc) is 3.66. The summed E-state index contributed by atoms with van der Waals surface area (Å²) in [5, 5.41) is 142. The fourth-order valence-corrected chi connectivity index (χ4v) is 14.9. The van der Waals surface area contributed by atoms with Gasteiger partial charge in [0.05, 0.1) is 43.7 Å². The molecule has 67 heavy (non-hydrogen) atoms. The molecule has 4 aliphatic carbocycles. The number of aliphatic hydroxyl groups excluding tert-OH is 13. The van der Waals surface area contributed by atoms with Crippen LogP contribution in [0.25, 0.3) is 0 Å². The van der Waals surface area contributed by atoms with Crippen LogP contribution in [0.2, 0.25) is 0 Å². The number of aliphatic hydroxyl groups is 13. The molecule has 3 heterocycles. The van der Waals surface area contributed by atoms with E-state index in [1.165, 1.54) is 0 Å². The second-order valence-corrected chi connectivity index (χ2v) is 23.1. The first-order chi connectivity index (χ1) is 31.3. The predicted octanol–water partition coefficient (Wildman–Crippen LogP) is -1.06. The quantitative estimate of drug-likeness (QED) is 0.0773. The fourth-order valence-electron chi connectivity index (χ4n) is 14.9. The SMILES string of the molecule is CC(C)=CCC[C@](C)(O[C@@H]1O[C@H](CO)[C@@H](O)[C@H](O)[C@H]1O)C1CC[C@]2(C)C1C(O)CC1C2(C)C[C@H](O[C@@H]2O[C@H](CO)[C@@H](O)[C@H](O)[C@H]2O[C@@H]2O[C@H](CO)[C@@H](O)[C@H](O)[C@H]2O)C2C(C)(C)C(O)CC[C@@]21C. The van der Waals surface area contributed by atoms with Crippen molar-refractivity contribution in [3.63, 3.8) is 0 Å². The highest BCUT2D eigenvalue weighted by atomic mass is 16.8. The van der Waals surface area contributed by atoms with Crippen molar-refractivity contribution in [2.45, 2.75) is 223 Å². The van der Waals surface area contributed by atoms with Gasteiger partial charge in [-0.3, -0.25) is 0 Å². The van der Waals surface area contributed by atoms with E-state index < -0.39 is 163 Å². The van der Waals surface area contributed by atoms with E-state index in [2.05, 4.69) is 26.8 Å². The molecule has 3 saturated heterocycles. The molecule has 19 nitrogen and oxygen atoms in total. The van der Waals surface area contributed by atoms with Gasteiger partial charge in [-0.1, -0.05) is 46.3 Å². The summed E-state index contributed by atoms with van der Waals surface area (Å²) in [5.41, 5.74) is -2.56. The summed E-state index contributed by atoms with van der Waals surface area (Å²) >= 11 is 0. The maximum atomic E-state index is 12.7. The van der Waals surface area contributed by atoms with E-state index >= 15 is 0 Å². The highest BCUT2D eigenvalue weighted by Crippen LogP contribution is 2.76. The monoisotopic (exact) mass is 963 g/mol. The van der Waals surface area contributed by atoms with E-state index in [-0.39, 0.29) is 17.8 Å². The summed E-state index contributed by atoms with van der Waals surface area (Å²) < 4.78 is 37.9. The molecule has 0 aromatic rings. The molecular formula is C48H82O19. The van der Waals surface area contributed by atoms with Crippen molar-refractivity contribution >= 4 is 0 Å². The minimum atomic E-state index is -1.86. The third kappa shape index (κ3) is 9.03. The van der Waals surface area contributed by atoms with Crippen LogP contribution in [0.4, 0.5) is 0 Å². The number of hydrogen-bond acceptors (Lipinski definition) is 19. The van der Waals surface area contributed by atoms with Gasteiger partial charge in [0.25, 0.3) is 0 Å². The lowest BCUT2D eigenvalue weighted by molar-refractivity contribution is -0.383. The molecule has 0 radical (unpaired) electrons. The zero-order valence-electron chi connectivity index (χ0n) is 40.3. The Labute approximate surface area is 393 Å². The molecule has 19 heteroatoms. The molecule has 3 aliphatic heterocycles. The Bertz CT molecular complexity index is 1710. The van der Waals surface area contributed by atoms with Gasteiger partial charge in [-0.05, 0) is 117 Å². The maximum absolute atomic E-state index is 12.7. The summed E-state index contributed by atoms with van der Waals surface area (Å²) in [5.74, 6) is -1.22. The highest BCUT2D eigenvalue weighted by Gasteiger charge is 2.74. The zero-order valence-corrected chi connectivity index (χ0v) is 40.3. The number of hydrogen-bond donors (Lipinski definition) is 13. The number of fused-ring (bicyclic) bond motifs is 5. The molecule has 0 amide bonds. The van der Waals surface area contributed by atoms with Crippen molar-refractivity contribution in [1.82, 2.24) is 0 Å². The first kappa shape index (κ1) is 53.8. The van der Waals surface area contributed by atoms with Crippen molar-refractivity contribution in [3.8, 4) is 0 Å².